The van der Waals surface area contributed by atoms with E-state index >= 15 is 0 Å². The van der Waals surface area contributed by atoms with Crippen molar-refractivity contribution >= 4 is 15.9 Å². The van der Waals surface area contributed by atoms with Gasteiger partial charge in [-0.25, -0.2) is 0 Å². The number of nitriles is 1. The zero-order valence-corrected chi connectivity index (χ0v) is 6.74. The Kier molecular flexibility index (Phi) is 2.29. The van der Waals surface area contributed by atoms with Crippen LogP contribution in [0.1, 0.15) is 25.7 Å². The molecular formula is C7H8BrN. The molecule has 0 saturated heterocycles. The Bertz CT molecular complexity index is 176. The predicted octanol–water partition coefficient (Wildman–Crippen LogP) is 2.73. The molecule has 0 atom stereocenters. The fourth-order valence-electron chi connectivity index (χ4n) is 0.985. The van der Waals surface area contributed by atoms with Gasteiger partial charge in [-0.1, -0.05) is 15.9 Å². The van der Waals surface area contributed by atoms with Crippen molar-refractivity contribution in [2.24, 2.45) is 0 Å². The molecule has 0 aromatic heterocycles. The summed E-state index contributed by atoms with van der Waals surface area (Å²) in [5, 5.41) is 8.52. The SMILES string of the molecule is N#CC1=C(Br)CCCC1. The van der Waals surface area contributed by atoms with E-state index in [9.17, 15) is 0 Å². The average molecular weight is 186 g/mol. The first-order valence-corrected chi connectivity index (χ1v) is 3.91. The van der Waals surface area contributed by atoms with Crippen molar-refractivity contribution in [1.29, 1.82) is 5.26 Å². The highest BCUT2D eigenvalue weighted by Gasteiger charge is 2.08. The largest absolute Gasteiger partial charge is 0.193 e. The quantitative estimate of drug-likeness (QED) is 0.570. The molecule has 0 radical (unpaired) electrons. The van der Waals surface area contributed by atoms with Crippen LogP contribution in [0.25, 0.3) is 0 Å². The maximum absolute atomic E-state index is 8.52. The van der Waals surface area contributed by atoms with Gasteiger partial charge in [-0.05, 0) is 25.7 Å². The van der Waals surface area contributed by atoms with Crippen LogP contribution in [0, 0.1) is 11.3 Å². The summed E-state index contributed by atoms with van der Waals surface area (Å²) in [6.45, 7) is 0. The number of hydrogen-bond acceptors (Lipinski definition) is 1. The minimum atomic E-state index is 0.946. The van der Waals surface area contributed by atoms with E-state index in [1.165, 1.54) is 12.8 Å². The Hall–Kier alpha value is -0.290. The molecule has 0 aromatic rings. The Morgan fingerprint density at radius 3 is 2.44 bits per heavy atom. The van der Waals surface area contributed by atoms with Crippen molar-refractivity contribution < 1.29 is 0 Å². The fraction of sp³-hybridized carbons (Fsp3) is 0.571. The molecule has 1 aliphatic rings. The molecule has 0 saturated carbocycles. The van der Waals surface area contributed by atoms with Gasteiger partial charge in [-0.3, -0.25) is 0 Å². The molecule has 0 fully saturated rings. The van der Waals surface area contributed by atoms with Crippen LogP contribution in [0.4, 0.5) is 0 Å². The van der Waals surface area contributed by atoms with Gasteiger partial charge in [0.15, 0.2) is 0 Å². The van der Waals surface area contributed by atoms with Crippen LogP contribution in [0.3, 0.4) is 0 Å². The molecule has 0 spiro atoms. The highest BCUT2D eigenvalue weighted by molar-refractivity contribution is 9.11. The van der Waals surface area contributed by atoms with E-state index in [4.69, 9.17) is 5.26 Å². The van der Waals surface area contributed by atoms with Crippen molar-refractivity contribution in [2.45, 2.75) is 25.7 Å². The third kappa shape index (κ3) is 1.56. The predicted molar refractivity (Wildman–Crippen MR) is 40.0 cm³/mol. The highest BCUT2D eigenvalue weighted by Crippen LogP contribution is 2.27. The summed E-state index contributed by atoms with van der Waals surface area (Å²) >= 11 is 3.37. The topological polar surface area (TPSA) is 23.8 Å². The summed E-state index contributed by atoms with van der Waals surface area (Å²) in [4.78, 5) is 0. The maximum atomic E-state index is 8.52. The van der Waals surface area contributed by atoms with E-state index in [2.05, 4.69) is 22.0 Å². The molecule has 0 unspecified atom stereocenters. The van der Waals surface area contributed by atoms with E-state index in [0.29, 0.717) is 0 Å². The molecule has 48 valence electrons. The van der Waals surface area contributed by atoms with E-state index in [1.54, 1.807) is 0 Å². The zero-order valence-electron chi connectivity index (χ0n) is 5.15. The van der Waals surface area contributed by atoms with Gasteiger partial charge >= 0.3 is 0 Å². The van der Waals surface area contributed by atoms with E-state index in [0.717, 1.165) is 22.9 Å². The van der Waals surface area contributed by atoms with Crippen LogP contribution in [-0.2, 0) is 0 Å². The van der Waals surface area contributed by atoms with E-state index in [-0.39, 0.29) is 0 Å². The Labute approximate surface area is 63.5 Å². The minimum Gasteiger partial charge on any atom is -0.193 e. The highest BCUT2D eigenvalue weighted by atomic mass is 79.9. The van der Waals surface area contributed by atoms with Gasteiger partial charge in [0.2, 0.25) is 0 Å². The summed E-state index contributed by atoms with van der Waals surface area (Å²) < 4.78 is 1.12. The first kappa shape index (κ1) is 6.82. The first-order valence-electron chi connectivity index (χ1n) is 3.12. The summed E-state index contributed by atoms with van der Waals surface area (Å²) in [6.07, 6.45) is 4.43. The molecule has 0 amide bonds. The normalized spacial score (nSPS) is 19.6. The van der Waals surface area contributed by atoms with Crippen molar-refractivity contribution in [1.82, 2.24) is 0 Å². The average Bonchev–Trinajstić information content (AvgIpc) is 1.89. The second kappa shape index (κ2) is 3.03. The molecule has 1 rings (SSSR count). The molecule has 9 heavy (non-hydrogen) atoms. The molecule has 0 heterocycles. The Morgan fingerprint density at radius 2 is 2.00 bits per heavy atom. The second-order valence-corrected chi connectivity index (χ2v) is 3.16. The smallest absolute Gasteiger partial charge is 0.0955 e. The molecule has 0 aliphatic heterocycles. The summed E-state index contributed by atoms with van der Waals surface area (Å²) in [7, 11) is 0. The van der Waals surface area contributed by atoms with Crippen LogP contribution in [0.15, 0.2) is 10.1 Å². The van der Waals surface area contributed by atoms with Crippen molar-refractivity contribution in [3.8, 4) is 6.07 Å². The lowest BCUT2D eigenvalue weighted by Crippen LogP contribution is -1.92. The molecular weight excluding hydrogens is 178 g/mol. The number of nitrogens with zero attached hydrogens (tertiary/aromatic N) is 1. The molecule has 1 aliphatic carbocycles. The molecule has 1 nitrogen and oxygen atoms in total. The second-order valence-electron chi connectivity index (χ2n) is 2.20. The van der Waals surface area contributed by atoms with Gasteiger partial charge in [0.25, 0.3) is 0 Å². The van der Waals surface area contributed by atoms with Crippen molar-refractivity contribution in [2.75, 3.05) is 0 Å². The number of allylic oxidation sites excluding steroid dienone is 2. The van der Waals surface area contributed by atoms with Gasteiger partial charge in [-0.2, -0.15) is 5.26 Å². The summed E-state index contributed by atoms with van der Waals surface area (Å²) in [5.41, 5.74) is 0.946. The van der Waals surface area contributed by atoms with Crippen LogP contribution in [0.5, 0.6) is 0 Å². The maximum Gasteiger partial charge on any atom is 0.0955 e. The van der Waals surface area contributed by atoms with Crippen LogP contribution in [-0.4, -0.2) is 0 Å². The van der Waals surface area contributed by atoms with E-state index in [1.807, 2.05) is 0 Å². The van der Waals surface area contributed by atoms with Gasteiger partial charge in [0, 0.05) is 10.1 Å². The standard InChI is InChI=1S/C7H8BrN/c8-7-4-2-1-3-6(7)5-9/h1-4H2. The lowest BCUT2D eigenvalue weighted by atomic mass is 10.0. The lowest BCUT2D eigenvalue weighted by Gasteiger charge is -2.08. The van der Waals surface area contributed by atoms with Gasteiger partial charge in [-0.15, -0.1) is 0 Å². The molecule has 0 aromatic carbocycles. The minimum absolute atomic E-state index is 0.946. The van der Waals surface area contributed by atoms with Crippen molar-refractivity contribution in [3.05, 3.63) is 10.1 Å². The van der Waals surface area contributed by atoms with Crippen LogP contribution >= 0.6 is 15.9 Å². The Morgan fingerprint density at radius 1 is 1.33 bits per heavy atom. The molecule has 2 heteroatoms. The molecule has 0 N–H and O–H groups in total. The lowest BCUT2D eigenvalue weighted by molar-refractivity contribution is 0.708. The van der Waals surface area contributed by atoms with Crippen LogP contribution < -0.4 is 0 Å². The molecule has 0 bridgehead atoms. The zero-order chi connectivity index (χ0) is 6.69. The van der Waals surface area contributed by atoms with Gasteiger partial charge in [0.1, 0.15) is 0 Å². The first-order chi connectivity index (χ1) is 4.34. The fourth-order valence-corrected chi connectivity index (χ4v) is 1.55. The summed E-state index contributed by atoms with van der Waals surface area (Å²) in [5.74, 6) is 0. The van der Waals surface area contributed by atoms with E-state index < -0.39 is 0 Å². The van der Waals surface area contributed by atoms with Crippen molar-refractivity contribution in [3.63, 3.8) is 0 Å². The number of hydrogen-bond donors (Lipinski definition) is 0. The van der Waals surface area contributed by atoms with Crippen LogP contribution in [0.2, 0.25) is 0 Å². The van der Waals surface area contributed by atoms with Gasteiger partial charge in [0.05, 0.1) is 6.07 Å². The number of rotatable bonds is 0. The number of halogens is 1. The third-order valence-electron chi connectivity index (χ3n) is 1.54. The Balaban J connectivity index is 2.74. The van der Waals surface area contributed by atoms with Gasteiger partial charge < -0.3 is 0 Å². The third-order valence-corrected chi connectivity index (χ3v) is 2.41. The monoisotopic (exact) mass is 185 g/mol. The summed E-state index contributed by atoms with van der Waals surface area (Å²) in [6, 6.07) is 2.19.